The minimum absolute atomic E-state index is 0.275. The van der Waals surface area contributed by atoms with E-state index in [1.807, 2.05) is 0 Å². The molecule has 3 aromatic heterocycles. The fourth-order valence-corrected chi connectivity index (χ4v) is 2.21. The van der Waals surface area contributed by atoms with E-state index in [9.17, 15) is 4.79 Å². The molecule has 1 fully saturated rings. The monoisotopic (exact) mass is 295 g/mol. The third-order valence-corrected chi connectivity index (χ3v) is 3.50. The topological polar surface area (TPSA) is 85.8 Å². The Hall–Kier alpha value is -2.96. The summed E-state index contributed by atoms with van der Waals surface area (Å²) >= 11 is 0. The number of nitrogens with one attached hydrogen (secondary N) is 1. The van der Waals surface area contributed by atoms with Gasteiger partial charge in [-0.05, 0) is 31.0 Å². The van der Waals surface area contributed by atoms with Crippen molar-refractivity contribution < 1.29 is 9.32 Å². The predicted octanol–water partition coefficient (Wildman–Crippen LogP) is 2.38. The first-order chi connectivity index (χ1) is 10.8. The van der Waals surface area contributed by atoms with Crippen molar-refractivity contribution in [3.8, 4) is 5.82 Å². The van der Waals surface area contributed by atoms with Gasteiger partial charge < -0.3 is 9.84 Å². The fraction of sp³-hybridized carbons (Fsp3) is 0.200. The van der Waals surface area contributed by atoms with Crippen molar-refractivity contribution in [3.63, 3.8) is 0 Å². The van der Waals surface area contributed by atoms with Gasteiger partial charge in [-0.25, -0.2) is 9.67 Å². The number of amides is 1. The van der Waals surface area contributed by atoms with Crippen LogP contribution in [0.4, 0.5) is 5.69 Å². The maximum Gasteiger partial charge on any atom is 0.277 e. The normalized spacial score (nSPS) is 14.0. The number of carbonyl (C=O) groups is 1. The number of nitrogens with zero attached hydrogens (tertiary/aromatic N) is 4. The van der Waals surface area contributed by atoms with Crippen molar-refractivity contribution in [1.29, 1.82) is 0 Å². The van der Waals surface area contributed by atoms with E-state index in [0.717, 1.165) is 18.6 Å². The molecule has 1 aliphatic carbocycles. The maximum absolute atomic E-state index is 12.3. The van der Waals surface area contributed by atoms with Crippen molar-refractivity contribution in [2.75, 3.05) is 5.32 Å². The van der Waals surface area contributed by atoms with Gasteiger partial charge >= 0.3 is 0 Å². The van der Waals surface area contributed by atoms with Crippen LogP contribution in [0.2, 0.25) is 0 Å². The molecular weight excluding hydrogens is 282 g/mol. The van der Waals surface area contributed by atoms with Crippen LogP contribution in [0.5, 0.6) is 0 Å². The van der Waals surface area contributed by atoms with Crippen LogP contribution in [0, 0.1) is 0 Å². The zero-order valence-electron chi connectivity index (χ0n) is 11.6. The van der Waals surface area contributed by atoms with Crippen molar-refractivity contribution >= 4 is 11.6 Å². The highest BCUT2D eigenvalue weighted by atomic mass is 16.5. The second-order valence-electron chi connectivity index (χ2n) is 5.17. The molecule has 1 N–H and O–H groups in total. The van der Waals surface area contributed by atoms with E-state index in [1.165, 1.54) is 0 Å². The summed E-state index contributed by atoms with van der Waals surface area (Å²) in [4.78, 5) is 16.6. The van der Waals surface area contributed by atoms with Crippen LogP contribution in [0.3, 0.4) is 0 Å². The Labute approximate surface area is 126 Å². The highest BCUT2D eigenvalue weighted by molar-refractivity contribution is 6.03. The predicted molar refractivity (Wildman–Crippen MR) is 77.8 cm³/mol. The van der Waals surface area contributed by atoms with E-state index in [1.54, 1.807) is 47.5 Å². The Bertz CT molecular complexity index is 805. The fourth-order valence-electron chi connectivity index (χ4n) is 2.21. The lowest BCUT2D eigenvalue weighted by molar-refractivity contribution is 0.101. The van der Waals surface area contributed by atoms with Gasteiger partial charge in [0.05, 0.1) is 5.69 Å². The summed E-state index contributed by atoms with van der Waals surface area (Å²) in [6.45, 7) is 0. The molecular formula is C15H13N5O2. The number of pyridine rings is 1. The third kappa shape index (κ3) is 2.37. The smallest absolute Gasteiger partial charge is 0.277 e. The molecule has 0 bridgehead atoms. The zero-order chi connectivity index (χ0) is 14.9. The molecule has 0 radical (unpaired) electrons. The largest absolute Gasteiger partial charge is 0.360 e. The van der Waals surface area contributed by atoms with Gasteiger partial charge in [-0.15, -0.1) is 0 Å². The summed E-state index contributed by atoms with van der Waals surface area (Å²) in [6, 6.07) is 7.02. The van der Waals surface area contributed by atoms with E-state index >= 15 is 0 Å². The molecule has 7 nitrogen and oxygen atoms in total. The Morgan fingerprint density at radius 1 is 1.32 bits per heavy atom. The number of carbonyl (C=O) groups excluding carboxylic acids is 1. The number of aromatic nitrogens is 4. The summed E-state index contributed by atoms with van der Waals surface area (Å²) in [7, 11) is 0. The number of rotatable bonds is 4. The Morgan fingerprint density at radius 2 is 2.23 bits per heavy atom. The minimum Gasteiger partial charge on any atom is -0.360 e. The first-order valence-electron chi connectivity index (χ1n) is 7.04. The quantitative estimate of drug-likeness (QED) is 0.798. The maximum atomic E-state index is 12.3. The Balaban J connectivity index is 1.59. The van der Waals surface area contributed by atoms with Gasteiger partial charge in [-0.3, -0.25) is 4.79 Å². The van der Waals surface area contributed by atoms with Crippen LogP contribution < -0.4 is 5.32 Å². The molecule has 0 spiro atoms. The molecule has 0 saturated heterocycles. The molecule has 3 heterocycles. The van der Waals surface area contributed by atoms with Gasteiger partial charge in [0.25, 0.3) is 5.91 Å². The molecule has 1 amide bonds. The number of anilines is 1. The second-order valence-corrected chi connectivity index (χ2v) is 5.17. The summed E-state index contributed by atoms with van der Waals surface area (Å²) in [5.74, 6) is 1.43. The lowest BCUT2D eigenvalue weighted by Gasteiger charge is -2.08. The van der Waals surface area contributed by atoms with Crippen LogP contribution >= 0.6 is 0 Å². The van der Waals surface area contributed by atoms with Gasteiger partial charge in [-0.1, -0.05) is 5.16 Å². The van der Waals surface area contributed by atoms with Gasteiger partial charge in [0.15, 0.2) is 11.5 Å². The molecule has 0 aromatic carbocycles. The van der Waals surface area contributed by atoms with Crippen LogP contribution in [-0.4, -0.2) is 25.8 Å². The highest BCUT2D eigenvalue weighted by Gasteiger charge is 2.29. The summed E-state index contributed by atoms with van der Waals surface area (Å²) in [5, 5.41) is 10.8. The molecule has 0 aliphatic heterocycles. The summed E-state index contributed by atoms with van der Waals surface area (Å²) < 4.78 is 6.80. The first kappa shape index (κ1) is 12.8. The van der Waals surface area contributed by atoms with Gasteiger partial charge in [0.1, 0.15) is 5.76 Å². The molecule has 7 heteroatoms. The van der Waals surface area contributed by atoms with E-state index in [0.29, 0.717) is 17.4 Å². The highest BCUT2D eigenvalue weighted by Crippen LogP contribution is 2.40. The number of hydrogen-bond donors (Lipinski definition) is 1. The lowest BCUT2D eigenvalue weighted by atomic mass is 10.2. The standard InChI is InChI=1S/C15H13N5O2/c21-15(12-9-13(22-19-12)10-4-5-10)18-11-3-1-6-16-14(11)20-8-2-7-17-20/h1-3,6-10H,4-5H2,(H,18,21). The molecule has 110 valence electrons. The second kappa shape index (κ2) is 5.10. The molecule has 0 unspecified atom stereocenters. The van der Waals surface area contributed by atoms with E-state index in [-0.39, 0.29) is 11.6 Å². The van der Waals surface area contributed by atoms with Crippen molar-refractivity contribution in [2.45, 2.75) is 18.8 Å². The van der Waals surface area contributed by atoms with E-state index in [4.69, 9.17) is 4.52 Å². The molecule has 22 heavy (non-hydrogen) atoms. The number of hydrogen-bond acceptors (Lipinski definition) is 5. The minimum atomic E-state index is -0.322. The Morgan fingerprint density at radius 3 is 3.00 bits per heavy atom. The van der Waals surface area contributed by atoms with Crippen LogP contribution in [0.15, 0.2) is 47.4 Å². The van der Waals surface area contributed by atoms with Crippen molar-refractivity contribution in [2.24, 2.45) is 0 Å². The van der Waals surface area contributed by atoms with E-state index in [2.05, 4.69) is 20.6 Å². The summed E-state index contributed by atoms with van der Waals surface area (Å²) in [5.41, 5.74) is 0.837. The Kier molecular flexibility index (Phi) is 2.96. The van der Waals surface area contributed by atoms with Crippen LogP contribution in [-0.2, 0) is 0 Å². The average Bonchev–Trinajstić information content (AvgIpc) is 3.05. The molecule has 1 aliphatic rings. The van der Waals surface area contributed by atoms with Crippen molar-refractivity contribution in [1.82, 2.24) is 19.9 Å². The molecule has 3 aromatic rings. The van der Waals surface area contributed by atoms with Gasteiger partial charge in [0, 0.05) is 30.6 Å². The van der Waals surface area contributed by atoms with E-state index < -0.39 is 0 Å². The zero-order valence-corrected chi connectivity index (χ0v) is 11.6. The van der Waals surface area contributed by atoms with Crippen molar-refractivity contribution in [3.05, 3.63) is 54.3 Å². The summed E-state index contributed by atoms with van der Waals surface area (Å²) in [6.07, 6.45) is 7.26. The van der Waals surface area contributed by atoms with Gasteiger partial charge in [0.2, 0.25) is 0 Å². The molecule has 4 rings (SSSR count). The SMILES string of the molecule is O=C(Nc1cccnc1-n1cccn1)c1cc(C2CC2)on1. The van der Waals surface area contributed by atoms with Crippen LogP contribution in [0.25, 0.3) is 5.82 Å². The lowest BCUT2D eigenvalue weighted by Crippen LogP contribution is -2.15. The van der Waals surface area contributed by atoms with Crippen LogP contribution in [0.1, 0.15) is 35.0 Å². The van der Waals surface area contributed by atoms with Gasteiger partial charge in [-0.2, -0.15) is 5.10 Å². The third-order valence-electron chi connectivity index (χ3n) is 3.50. The molecule has 1 saturated carbocycles. The molecule has 0 atom stereocenters. The average molecular weight is 295 g/mol. The first-order valence-corrected chi connectivity index (χ1v) is 7.04.